The van der Waals surface area contributed by atoms with Gasteiger partial charge in [-0.2, -0.15) is 0 Å². The lowest BCUT2D eigenvalue weighted by Crippen LogP contribution is -2.49. The Bertz CT molecular complexity index is 690. The Balaban J connectivity index is 2.26. The minimum Gasteiger partial charge on any atom is -0.390 e. The number of rotatable bonds is 5. The number of amides is 1. The standard InChI is InChI=1S/C15H22N2O6S/c1-9-4-6-10(7-5-9)24(21,22)16-13-11(8-12(18)14(13)19)15(20)17(2)23-3/h4-7,11-14,16,18-19H,8H2,1-3H3/t11-,12+,13-,14+/m1/s1. The van der Waals surface area contributed by atoms with Gasteiger partial charge < -0.3 is 10.2 Å². The number of benzene rings is 1. The van der Waals surface area contributed by atoms with E-state index in [4.69, 9.17) is 4.84 Å². The third-order valence-corrected chi connectivity index (χ3v) is 5.69. The molecular formula is C15H22N2O6S. The highest BCUT2D eigenvalue weighted by atomic mass is 32.2. The third-order valence-electron chi connectivity index (χ3n) is 4.22. The Morgan fingerprint density at radius 1 is 1.29 bits per heavy atom. The van der Waals surface area contributed by atoms with E-state index in [-0.39, 0.29) is 11.3 Å². The molecule has 9 heteroatoms. The van der Waals surface area contributed by atoms with E-state index in [1.54, 1.807) is 12.1 Å². The zero-order chi connectivity index (χ0) is 18.1. The predicted octanol–water partition coefficient (Wildman–Crippen LogP) is -0.597. The number of aryl methyl sites for hydroxylation is 1. The van der Waals surface area contributed by atoms with Crippen LogP contribution in [0.15, 0.2) is 29.2 Å². The molecule has 8 nitrogen and oxygen atoms in total. The van der Waals surface area contributed by atoms with Gasteiger partial charge >= 0.3 is 0 Å². The predicted molar refractivity (Wildman–Crippen MR) is 85.2 cm³/mol. The van der Waals surface area contributed by atoms with Crippen LogP contribution in [-0.2, 0) is 19.7 Å². The van der Waals surface area contributed by atoms with Gasteiger partial charge in [0.25, 0.3) is 5.91 Å². The van der Waals surface area contributed by atoms with Gasteiger partial charge in [0.2, 0.25) is 10.0 Å². The van der Waals surface area contributed by atoms with Crippen molar-refractivity contribution in [2.75, 3.05) is 14.2 Å². The topological polar surface area (TPSA) is 116 Å². The van der Waals surface area contributed by atoms with E-state index in [1.807, 2.05) is 6.92 Å². The number of hydrogen-bond donors (Lipinski definition) is 3. The summed E-state index contributed by atoms with van der Waals surface area (Å²) in [6.45, 7) is 1.83. The van der Waals surface area contributed by atoms with Crippen LogP contribution < -0.4 is 4.72 Å². The van der Waals surface area contributed by atoms with Gasteiger partial charge in [0.05, 0.1) is 36.2 Å². The first-order valence-electron chi connectivity index (χ1n) is 7.44. The molecule has 0 bridgehead atoms. The quantitative estimate of drug-likeness (QED) is 0.606. The molecule has 1 saturated carbocycles. The Morgan fingerprint density at radius 2 is 1.88 bits per heavy atom. The van der Waals surface area contributed by atoms with Gasteiger partial charge in [-0.1, -0.05) is 17.7 Å². The summed E-state index contributed by atoms with van der Waals surface area (Å²) in [6.07, 6.45) is -2.64. The number of nitrogens with zero attached hydrogens (tertiary/aromatic N) is 1. The minimum atomic E-state index is -3.95. The summed E-state index contributed by atoms with van der Waals surface area (Å²) in [4.78, 5) is 17.1. The monoisotopic (exact) mass is 358 g/mol. The van der Waals surface area contributed by atoms with Gasteiger partial charge in [-0.25, -0.2) is 18.2 Å². The maximum Gasteiger partial charge on any atom is 0.250 e. The van der Waals surface area contributed by atoms with Crippen molar-refractivity contribution in [2.45, 2.75) is 36.5 Å². The van der Waals surface area contributed by atoms with Crippen molar-refractivity contribution in [1.29, 1.82) is 0 Å². The van der Waals surface area contributed by atoms with Crippen LogP contribution in [0.3, 0.4) is 0 Å². The van der Waals surface area contributed by atoms with Crippen molar-refractivity contribution < 1.29 is 28.3 Å². The molecule has 0 radical (unpaired) electrons. The maximum atomic E-state index is 12.5. The third kappa shape index (κ3) is 3.76. The maximum absolute atomic E-state index is 12.5. The molecule has 1 aromatic rings. The van der Waals surface area contributed by atoms with Crippen molar-refractivity contribution in [2.24, 2.45) is 5.92 Å². The SMILES string of the molecule is CON(C)C(=O)[C@@H]1C[C@H](O)[C@H](O)[C@@H]1NS(=O)(=O)c1ccc(C)cc1. The fraction of sp³-hybridized carbons (Fsp3) is 0.533. The molecule has 1 amide bonds. The first-order chi connectivity index (χ1) is 11.2. The molecule has 0 aromatic heterocycles. The van der Waals surface area contributed by atoms with Gasteiger partial charge in [0, 0.05) is 7.05 Å². The number of aliphatic hydroxyl groups is 2. The van der Waals surface area contributed by atoms with E-state index in [9.17, 15) is 23.4 Å². The number of aliphatic hydroxyl groups excluding tert-OH is 2. The molecule has 1 aliphatic rings. The van der Waals surface area contributed by atoms with Crippen LogP contribution in [0.5, 0.6) is 0 Å². The lowest BCUT2D eigenvalue weighted by atomic mass is 10.0. The van der Waals surface area contributed by atoms with Crippen LogP contribution >= 0.6 is 0 Å². The number of carbonyl (C=O) groups excluding carboxylic acids is 1. The van der Waals surface area contributed by atoms with Gasteiger partial charge in [-0.05, 0) is 25.5 Å². The van der Waals surface area contributed by atoms with Crippen molar-refractivity contribution in [3.63, 3.8) is 0 Å². The summed E-state index contributed by atoms with van der Waals surface area (Å²) in [5, 5.41) is 20.9. The van der Waals surface area contributed by atoms with E-state index in [0.717, 1.165) is 10.6 Å². The molecule has 134 valence electrons. The Kier molecular flexibility index (Phi) is 5.61. The zero-order valence-corrected chi connectivity index (χ0v) is 14.5. The first-order valence-corrected chi connectivity index (χ1v) is 8.92. The molecule has 0 heterocycles. The summed E-state index contributed by atoms with van der Waals surface area (Å²) >= 11 is 0. The highest BCUT2D eigenvalue weighted by molar-refractivity contribution is 7.89. The molecule has 1 fully saturated rings. The van der Waals surface area contributed by atoms with Crippen molar-refractivity contribution >= 4 is 15.9 Å². The second kappa shape index (κ2) is 7.16. The van der Waals surface area contributed by atoms with Crippen LogP contribution in [0.1, 0.15) is 12.0 Å². The van der Waals surface area contributed by atoms with Crippen LogP contribution in [-0.4, -0.2) is 62.0 Å². The molecule has 2 rings (SSSR count). The smallest absolute Gasteiger partial charge is 0.250 e. The van der Waals surface area contributed by atoms with Crippen LogP contribution in [0, 0.1) is 12.8 Å². The van der Waals surface area contributed by atoms with E-state index >= 15 is 0 Å². The summed E-state index contributed by atoms with van der Waals surface area (Å²) in [7, 11) is -1.27. The van der Waals surface area contributed by atoms with E-state index in [1.165, 1.54) is 26.3 Å². The van der Waals surface area contributed by atoms with Gasteiger partial charge in [0.1, 0.15) is 0 Å². The minimum absolute atomic E-state index is 0.0213. The molecule has 3 N–H and O–H groups in total. The second-order valence-electron chi connectivity index (χ2n) is 5.88. The lowest BCUT2D eigenvalue weighted by Gasteiger charge is -2.25. The van der Waals surface area contributed by atoms with Crippen molar-refractivity contribution in [3.05, 3.63) is 29.8 Å². The highest BCUT2D eigenvalue weighted by Crippen LogP contribution is 2.29. The molecule has 1 aliphatic carbocycles. The molecule has 24 heavy (non-hydrogen) atoms. The van der Waals surface area contributed by atoms with E-state index in [0.29, 0.717) is 0 Å². The molecule has 1 aromatic carbocycles. The molecule has 0 spiro atoms. The fourth-order valence-electron chi connectivity index (χ4n) is 2.72. The molecule has 0 unspecified atom stereocenters. The Hall–Kier alpha value is -1.52. The summed E-state index contributed by atoms with van der Waals surface area (Å²) in [5.74, 6) is -1.45. The number of hydrogen-bond acceptors (Lipinski definition) is 6. The fourth-order valence-corrected chi connectivity index (χ4v) is 4.01. The summed E-state index contributed by atoms with van der Waals surface area (Å²) in [6, 6.07) is 5.03. The van der Waals surface area contributed by atoms with Gasteiger partial charge in [0.15, 0.2) is 0 Å². The largest absolute Gasteiger partial charge is 0.390 e. The van der Waals surface area contributed by atoms with Gasteiger partial charge in [-0.15, -0.1) is 0 Å². The van der Waals surface area contributed by atoms with Crippen LogP contribution in [0.25, 0.3) is 0 Å². The van der Waals surface area contributed by atoms with Crippen LogP contribution in [0.4, 0.5) is 0 Å². The Labute approximate surface area is 141 Å². The first kappa shape index (κ1) is 18.8. The summed E-state index contributed by atoms with van der Waals surface area (Å²) in [5.41, 5.74) is 0.903. The number of carbonyl (C=O) groups is 1. The average Bonchev–Trinajstić information content (AvgIpc) is 2.81. The number of hydroxylamine groups is 2. The number of nitrogens with one attached hydrogen (secondary N) is 1. The van der Waals surface area contributed by atoms with Crippen LogP contribution in [0.2, 0.25) is 0 Å². The lowest BCUT2D eigenvalue weighted by molar-refractivity contribution is -0.174. The zero-order valence-electron chi connectivity index (χ0n) is 13.7. The average molecular weight is 358 g/mol. The van der Waals surface area contributed by atoms with E-state index in [2.05, 4.69) is 4.72 Å². The second-order valence-corrected chi connectivity index (χ2v) is 7.59. The molecule has 0 saturated heterocycles. The molecular weight excluding hydrogens is 336 g/mol. The number of sulfonamides is 1. The van der Waals surface area contributed by atoms with Crippen molar-refractivity contribution in [3.8, 4) is 0 Å². The Morgan fingerprint density at radius 3 is 2.42 bits per heavy atom. The molecule has 4 atom stereocenters. The summed E-state index contributed by atoms with van der Waals surface area (Å²) < 4.78 is 27.3. The molecule has 0 aliphatic heterocycles. The highest BCUT2D eigenvalue weighted by Gasteiger charge is 2.48. The van der Waals surface area contributed by atoms with Crippen molar-refractivity contribution in [1.82, 2.24) is 9.79 Å². The normalized spacial score (nSPS) is 27.2. The van der Waals surface area contributed by atoms with E-state index < -0.39 is 40.1 Å². The van der Waals surface area contributed by atoms with Gasteiger partial charge in [-0.3, -0.25) is 9.63 Å².